The first-order valence-electron chi connectivity index (χ1n) is 8.69. The third-order valence-electron chi connectivity index (χ3n) is 4.88. The monoisotopic (exact) mass is 356 g/mol. The van der Waals surface area contributed by atoms with Crippen LogP contribution in [0, 0.1) is 5.92 Å². The van der Waals surface area contributed by atoms with Gasteiger partial charge in [-0.05, 0) is 49.9 Å². The minimum Gasteiger partial charge on any atom is -0.410 e. The zero-order chi connectivity index (χ0) is 17.8. The van der Waals surface area contributed by atoms with Gasteiger partial charge in [0.1, 0.15) is 0 Å². The molecular weight excluding hydrogens is 329 g/mol. The maximum absolute atomic E-state index is 12.7. The number of hydrogen-bond acceptors (Lipinski definition) is 1. The van der Waals surface area contributed by atoms with Crippen LogP contribution >= 0.6 is 0 Å². The van der Waals surface area contributed by atoms with Gasteiger partial charge in [0.15, 0.2) is 0 Å². The molecule has 1 nitrogen and oxygen atoms in total. The molecule has 0 N–H and O–H groups in total. The molecule has 2 rings (SSSR count). The van der Waals surface area contributed by atoms with Crippen molar-refractivity contribution in [2.45, 2.75) is 63.9 Å². The Labute approximate surface area is 144 Å². The number of allylic oxidation sites excluding steroid dienone is 1. The van der Waals surface area contributed by atoms with Gasteiger partial charge in [-0.1, -0.05) is 43.2 Å². The van der Waals surface area contributed by atoms with Crippen LogP contribution in [0.5, 0.6) is 0 Å². The van der Waals surface area contributed by atoms with Crippen molar-refractivity contribution in [3.8, 4) is 0 Å². The average molecular weight is 357 g/mol. The van der Waals surface area contributed by atoms with Crippen LogP contribution in [0.3, 0.4) is 0 Å². The molecule has 0 bridgehead atoms. The molecule has 0 aromatic heterocycles. The van der Waals surface area contributed by atoms with Gasteiger partial charge in [0.05, 0.1) is 5.56 Å². The lowest BCUT2D eigenvalue weighted by atomic mass is 9.84. The molecule has 5 heteroatoms. The van der Waals surface area contributed by atoms with E-state index in [2.05, 4.69) is 19.7 Å². The summed E-state index contributed by atoms with van der Waals surface area (Å²) in [7, 11) is -2.20. The summed E-state index contributed by atoms with van der Waals surface area (Å²) >= 11 is 0. The molecule has 1 aromatic rings. The van der Waals surface area contributed by atoms with Gasteiger partial charge in [-0.2, -0.15) is 13.2 Å². The predicted octanol–water partition coefficient (Wildman–Crippen LogP) is 5.66. The van der Waals surface area contributed by atoms with E-state index in [0.717, 1.165) is 30.9 Å². The normalized spacial score (nSPS) is 22.4. The Morgan fingerprint density at radius 1 is 1.21 bits per heavy atom. The van der Waals surface area contributed by atoms with Crippen LogP contribution < -0.4 is 5.19 Å². The minimum atomic E-state index is -4.28. The van der Waals surface area contributed by atoms with E-state index in [0.29, 0.717) is 5.92 Å². The maximum atomic E-state index is 12.7. The Balaban J connectivity index is 2.00. The summed E-state index contributed by atoms with van der Waals surface area (Å²) in [5, 5.41) is 0.920. The smallest absolute Gasteiger partial charge is 0.410 e. The second-order valence-electron chi connectivity index (χ2n) is 7.22. The highest BCUT2D eigenvalue weighted by Crippen LogP contribution is 2.32. The van der Waals surface area contributed by atoms with Crippen molar-refractivity contribution < 1.29 is 17.6 Å². The highest BCUT2D eigenvalue weighted by atomic mass is 28.4. The number of hydrogen-bond donors (Lipinski definition) is 0. The molecule has 0 heterocycles. The van der Waals surface area contributed by atoms with E-state index < -0.39 is 20.1 Å². The molecule has 2 atom stereocenters. The highest BCUT2D eigenvalue weighted by Gasteiger charge is 2.34. The fourth-order valence-electron chi connectivity index (χ4n) is 3.51. The first-order chi connectivity index (χ1) is 11.2. The van der Waals surface area contributed by atoms with E-state index in [-0.39, 0.29) is 6.10 Å². The highest BCUT2D eigenvalue weighted by molar-refractivity contribution is 6.84. The average Bonchev–Trinajstić information content (AvgIpc) is 2.52. The SMILES string of the molecule is C=CCC[C@@H]1CCC[C@@H](O[Si](C)(C)c2ccc(C(F)(F)F)cc2)C1. The standard InChI is InChI=1S/C19H27F3OSi/c1-4-5-7-15-8-6-9-17(14-15)23-24(2,3)18-12-10-16(11-13-18)19(20,21)22/h4,10-13,15,17H,1,5-9,14H2,2-3H3/t15-,17-/m1/s1. The fourth-order valence-corrected chi connectivity index (χ4v) is 5.66. The summed E-state index contributed by atoms with van der Waals surface area (Å²) in [5.41, 5.74) is -0.599. The second-order valence-corrected chi connectivity index (χ2v) is 11.1. The fraction of sp³-hybridized carbons (Fsp3) is 0.579. The van der Waals surface area contributed by atoms with Gasteiger partial charge in [0.2, 0.25) is 8.32 Å². The lowest BCUT2D eigenvalue weighted by Gasteiger charge is -2.35. The Morgan fingerprint density at radius 2 is 1.88 bits per heavy atom. The molecule has 1 aliphatic carbocycles. The van der Waals surface area contributed by atoms with Crippen LogP contribution in [0.1, 0.15) is 44.1 Å². The first-order valence-corrected chi connectivity index (χ1v) is 11.6. The van der Waals surface area contributed by atoms with Gasteiger partial charge in [0.25, 0.3) is 0 Å². The second kappa shape index (κ2) is 7.87. The Bertz CT molecular complexity index is 537. The summed E-state index contributed by atoms with van der Waals surface area (Å²) in [5.74, 6) is 0.680. The molecule has 0 spiro atoms. The van der Waals surface area contributed by atoms with Gasteiger partial charge in [-0.3, -0.25) is 0 Å². The number of benzene rings is 1. The van der Waals surface area contributed by atoms with Crippen molar-refractivity contribution >= 4 is 13.5 Å². The van der Waals surface area contributed by atoms with Crippen molar-refractivity contribution in [1.82, 2.24) is 0 Å². The lowest BCUT2D eigenvalue weighted by molar-refractivity contribution is -0.137. The van der Waals surface area contributed by atoms with Gasteiger partial charge < -0.3 is 4.43 Å². The minimum absolute atomic E-state index is 0.234. The third-order valence-corrected chi connectivity index (χ3v) is 7.53. The van der Waals surface area contributed by atoms with Crippen LogP contribution in [0.4, 0.5) is 13.2 Å². The van der Waals surface area contributed by atoms with Crippen molar-refractivity contribution in [2.24, 2.45) is 5.92 Å². The molecule has 1 fully saturated rings. The first kappa shape index (κ1) is 19.3. The van der Waals surface area contributed by atoms with Gasteiger partial charge in [-0.25, -0.2) is 0 Å². The van der Waals surface area contributed by atoms with E-state index in [1.54, 1.807) is 12.1 Å². The molecule has 134 valence electrons. The van der Waals surface area contributed by atoms with E-state index in [9.17, 15) is 13.2 Å². The zero-order valence-electron chi connectivity index (χ0n) is 14.5. The van der Waals surface area contributed by atoms with Gasteiger partial charge in [0, 0.05) is 6.10 Å². The van der Waals surface area contributed by atoms with E-state index in [1.165, 1.54) is 25.0 Å². The molecule has 0 aliphatic heterocycles. The molecule has 0 unspecified atom stereocenters. The Kier molecular flexibility index (Phi) is 6.32. The van der Waals surface area contributed by atoms with Crippen LogP contribution in [0.2, 0.25) is 13.1 Å². The van der Waals surface area contributed by atoms with E-state index in [1.807, 2.05) is 6.08 Å². The predicted molar refractivity (Wildman–Crippen MR) is 94.8 cm³/mol. The molecule has 1 saturated carbocycles. The van der Waals surface area contributed by atoms with Gasteiger partial charge in [-0.15, -0.1) is 6.58 Å². The Morgan fingerprint density at radius 3 is 2.46 bits per heavy atom. The lowest BCUT2D eigenvalue weighted by Crippen LogP contribution is -2.48. The van der Waals surface area contributed by atoms with Crippen LogP contribution in [0.25, 0.3) is 0 Å². The number of halogens is 3. The largest absolute Gasteiger partial charge is 0.416 e. The summed E-state index contributed by atoms with van der Waals surface area (Å²) in [6.07, 6.45) is 4.64. The van der Waals surface area contributed by atoms with Crippen molar-refractivity contribution in [1.29, 1.82) is 0 Å². The third kappa shape index (κ3) is 5.21. The van der Waals surface area contributed by atoms with Crippen LogP contribution in [-0.2, 0) is 10.6 Å². The van der Waals surface area contributed by atoms with E-state index in [4.69, 9.17) is 4.43 Å². The summed E-state index contributed by atoms with van der Waals surface area (Å²) in [6.45, 7) is 7.93. The zero-order valence-corrected chi connectivity index (χ0v) is 15.5. The summed E-state index contributed by atoms with van der Waals surface area (Å²) < 4.78 is 44.6. The molecule has 24 heavy (non-hydrogen) atoms. The van der Waals surface area contributed by atoms with E-state index >= 15 is 0 Å². The van der Waals surface area contributed by atoms with Gasteiger partial charge >= 0.3 is 6.18 Å². The molecule has 0 radical (unpaired) electrons. The summed E-state index contributed by atoms with van der Waals surface area (Å²) in [4.78, 5) is 0. The van der Waals surface area contributed by atoms with Crippen molar-refractivity contribution in [3.63, 3.8) is 0 Å². The van der Waals surface area contributed by atoms with Crippen LogP contribution in [0.15, 0.2) is 36.9 Å². The Hall–Kier alpha value is -1.07. The molecule has 1 aromatic carbocycles. The summed E-state index contributed by atoms with van der Waals surface area (Å²) in [6, 6.07) is 5.52. The molecular formula is C19H27F3OSi. The van der Waals surface area contributed by atoms with Crippen molar-refractivity contribution in [2.75, 3.05) is 0 Å². The topological polar surface area (TPSA) is 9.23 Å². The maximum Gasteiger partial charge on any atom is 0.416 e. The van der Waals surface area contributed by atoms with Crippen LogP contribution in [-0.4, -0.2) is 14.4 Å². The van der Waals surface area contributed by atoms with Crippen molar-refractivity contribution in [3.05, 3.63) is 42.5 Å². The molecule has 0 saturated heterocycles. The quantitative estimate of drug-likeness (QED) is 0.472. The molecule has 0 amide bonds. The number of rotatable bonds is 6. The molecule has 1 aliphatic rings. The number of alkyl halides is 3.